The molecular weight excluding hydrogens is 133 g/mol. The van der Waals surface area contributed by atoms with Crippen LogP contribution in [0.5, 0.6) is 0 Å². The minimum atomic E-state index is -0.389. The van der Waals surface area contributed by atoms with Crippen molar-refractivity contribution in [1.29, 1.82) is 0 Å². The first kappa shape index (κ1) is 6.74. The van der Waals surface area contributed by atoms with Crippen LogP contribution in [0.3, 0.4) is 0 Å². The van der Waals surface area contributed by atoms with Crippen molar-refractivity contribution in [3.63, 3.8) is 0 Å². The summed E-state index contributed by atoms with van der Waals surface area (Å²) in [6, 6.07) is 6.07. The number of benzene rings is 1. The maximum atomic E-state index is 12.6. The summed E-state index contributed by atoms with van der Waals surface area (Å²) in [4.78, 5) is 0. The number of oxime groups is 1. The van der Waals surface area contributed by atoms with Crippen LogP contribution >= 0.6 is 0 Å². The quantitative estimate of drug-likeness (QED) is 0.358. The lowest BCUT2D eigenvalue weighted by atomic mass is 10.2. The monoisotopic (exact) mass is 139 g/mol. The fourth-order valence-corrected chi connectivity index (χ4v) is 0.642. The smallest absolute Gasteiger partial charge is 0.132 e. The molecule has 1 rings (SSSR count). The van der Waals surface area contributed by atoms with E-state index in [4.69, 9.17) is 5.21 Å². The Balaban J connectivity index is 3.03. The molecule has 0 unspecified atom stereocenters. The molecule has 0 saturated heterocycles. The molecule has 2 nitrogen and oxygen atoms in total. The second-order valence-corrected chi connectivity index (χ2v) is 1.77. The molecule has 0 saturated carbocycles. The van der Waals surface area contributed by atoms with Crippen LogP contribution in [0, 0.1) is 5.82 Å². The van der Waals surface area contributed by atoms with E-state index in [0.29, 0.717) is 0 Å². The molecule has 1 aromatic carbocycles. The molecule has 52 valence electrons. The van der Waals surface area contributed by atoms with E-state index in [1.54, 1.807) is 12.1 Å². The Morgan fingerprint density at radius 3 is 2.70 bits per heavy atom. The molecule has 0 fully saturated rings. The van der Waals surface area contributed by atoms with Gasteiger partial charge < -0.3 is 5.21 Å². The Bertz CT molecular complexity index is 247. The highest BCUT2D eigenvalue weighted by Crippen LogP contribution is 2.02. The molecule has 0 aliphatic heterocycles. The minimum absolute atomic E-state index is 0.282. The van der Waals surface area contributed by atoms with Gasteiger partial charge in [0.1, 0.15) is 5.82 Å². The lowest BCUT2D eigenvalue weighted by Gasteiger charge is -1.90. The van der Waals surface area contributed by atoms with Gasteiger partial charge in [0.25, 0.3) is 0 Å². The van der Waals surface area contributed by atoms with Crippen molar-refractivity contribution < 1.29 is 9.60 Å². The van der Waals surface area contributed by atoms with Crippen molar-refractivity contribution in [3.8, 4) is 0 Å². The molecule has 0 heterocycles. The molecule has 0 aliphatic carbocycles. The fraction of sp³-hybridized carbons (Fsp3) is 0. The molecule has 10 heavy (non-hydrogen) atoms. The fourth-order valence-electron chi connectivity index (χ4n) is 0.642. The lowest BCUT2D eigenvalue weighted by molar-refractivity contribution is 0.321. The molecule has 0 aliphatic rings. The van der Waals surface area contributed by atoms with E-state index in [1.165, 1.54) is 12.1 Å². The first-order valence-electron chi connectivity index (χ1n) is 2.76. The van der Waals surface area contributed by atoms with Crippen molar-refractivity contribution in [2.75, 3.05) is 0 Å². The molecular formula is C7H6FNO. The largest absolute Gasteiger partial charge is 0.411 e. The highest BCUT2D eigenvalue weighted by molar-refractivity contribution is 5.79. The Morgan fingerprint density at radius 1 is 1.40 bits per heavy atom. The summed E-state index contributed by atoms with van der Waals surface area (Å²) < 4.78 is 12.6. The van der Waals surface area contributed by atoms with E-state index in [0.717, 1.165) is 6.21 Å². The molecule has 3 heteroatoms. The van der Waals surface area contributed by atoms with Gasteiger partial charge in [-0.2, -0.15) is 0 Å². The Labute approximate surface area is 57.6 Å². The molecule has 0 spiro atoms. The summed E-state index contributed by atoms with van der Waals surface area (Å²) in [5.41, 5.74) is 0.282. The third kappa shape index (κ3) is 1.31. The Hall–Kier alpha value is -1.38. The molecule has 0 aromatic heterocycles. The highest BCUT2D eigenvalue weighted by atomic mass is 19.1. The summed E-state index contributed by atoms with van der Waals surface area (Å²) >= 11 is 0. The maximum absolute atomic E-state index is 12.6. The van der Waals surface area contributed by atoms with Gasteiger partial charge in [-0.1, -0.05) is 23.4 Å². The van der Waals surface area contributed by atoms with Gasteiger partial charge in [-0.25, -0.2) is 4.39 Å². The van der Waals surface area contributed by atoms with Crippen LogP contribution in [0.2, 0.25) is 0 Å². The van der Waals surface area contributed by atoms with Crippen LogP contribution in [0.4, 0.5) is 4.39 Å². The van der Waals surface area contributed by atoms with Crippen molar-refractivity contribution in [1.82, 2.24) is 0 Å². The van der Waals surface area contributed by atoms with E-state index in [-0.39, 0.29) is 11.4 Å². The highest BCUT2D eigenvalue weighted by Gasteiger charge is 1.94. The standard InChI is InChI=1S/C7H6FNO/c8-7-4-2-1-3-6(7)5-9-10/h1-5,10H/b9-5+. The normalized spacial score (nSPS) is 10.5. The van der Waals surface area contributed by atoms with Crippen molar-refractivity contribution in [2.45, 2.75) is 0 Å². The van der Waals surface area contributed by atoms with Crippen LogP contribution in [0.25, 0.3) is 0 Å². The minimum Gasteiger partial charge on any atom is -0.411 e. The van der Waals surface area contributed by atoms with E-state index >= 15 is 0 Å². The third-order valence-electron chi connectivity index (χ3n) is 1.10. The summed E-state index contributed by atoms with van der Waals surface area (Å²) in [6.07, 6.45) is 1.05. The van der Waals surface area contributed by atoms with Crippen LogP contribution in [-0.4, -0.2) is 11.4 Å². The van der Waals surface area contributed by atoms with Crippen molar-refractivity contribution >= 4 is 6.21 Å². The first-order valence-corrected chi connectivity index (χ1v) is 2.76. The number of nitrogens with zero attached hydrogens (tertiary/aromatic N) is 1. The molecule has 0 bridgehead atoms. The van der Waals surface area contributed by atoms with Gasteiger partial charge >= 0.3 is 0 Å². The zero-order chi connectivity index (χ0) is 7.40. The van der Waals surface area contributed by atoms with Crippen LogP contribution < -0.4 is 0 Å². The Morgan fingerprint density at radius 2 is 2.10 bits per heavy atom. The summed E-state index contributed by atoms with van der Waals surface area (Å²) in [5.74, 6) is -0.389. The predicted molar refractivity (Wildman–Crippen MR) is 35.8 cm³/mol. The summed E-state index contributed by atoms with van der Waals surface area (Å²) in [6.45, 7) is 0. The van der Waals surface area contributed by atoms with Gasteiger partial charge in [0, 0.05) is 5.56 Å². The number of halogens is 1. The molecule has 0 atom stereocenters. The zero-order valence-electron chi connectivity index (χ0n) is 5.16. The first-order chi connectivity index (χ1) is 4.84. The number of hydrogen-bond donors (Lipinski definition) is 1. The topological polar surface area (TPSA) is 32.6 Å². The molecule has 1 aromatic rings. The predicted octanol–water partition coefficient (Wildman–Crippen LogP) is 1.63. The lowest BCUT2D eigenvalue weighted by Crippen LogP contribution is -1.85. The number of hydrogen-bond acceptors (Lipinski definition) is 2. The maximum Gasteiger partial charge on any atom is 0.132 e. The number of rotatable bonds is 1. The van der Waals surface area contributed by atoms with Crippen LogP contribution in [0.1, 0.15) is 5.56 Å². The third-order valence-corrected chi connectivity index (χ3v) is 1.10. The van der Waals surface area contributed by atoms with Crippen LogP contribution in [0.15, 0.2) is 29.4 Å². The molecule has 0 amide bonds. The second kappa shape index (κ2) is 2.96. The van der Waals surface area contributed by atoms with E-state index in [1.807, 2.05) is 0 Å². The summed E-state index contributed by atoms with van der Waals surface area (Å²) in [7, 11) is 0. The van der Waals surface area contributed by atoms with Crippen molar-refractivity contribution in [2.24, 2.45) is 5.16 Å². The van der Waals surface area contributed by atoms with Crippen LogP contribution in [-0.2, 0) is 0 Å². The van der Waals surface area contributed by atoms with Gasteiger partial charge in [-0.3, -0.25) is 0 Å². The van der Waals surface area contributed by atoms with E-state index in [2.05, 4.69) is 5.16 Å². The van der Waals surface area contributed by atoms with E-state index < -0.39 is 0 Å². The molecule has 1 N–H and O–H groups in total. The van der Waals surface area contributed by atoms with Gasteiger partial charge in [0.15, 0.2) is 0 Å². The van der Waals surface area contributed by atoms with Crippen molar-refractivity contribution in [3.05, 3.63) is 35.6 Å². The van der Waals surface area contributed by atoms with Gasteiger partial charge in [0.2, 0.25) is 0 Å². The van der Waals surface area contributed by atoms with E-state index in [9.17, 15) is 4.39 Å². The van der Waals surface area contributed by atoms with Gasteiger partial charge in [-0.05, 0) is 6.07 Å². The average molecular weight is 139 g/mol. The SMILES string of the molecule is O/N=C/c1ccccc1F. The second-order valence-electron chi connectivity index (χ2n) is 1.77. The van der Waals surface area contributed by atoms with Gasteiger partial charge in [-0.15, -0.1) is 0 Å². The van der Waals surface area contributed by atoms with Gasteiger partial charge in [0.05, 0.1) is 6.21 Å². The average Bonchev–Trinajstić information content (AvgIpc) is 1.94. The zero-order valence-corrected chi connectivity index (χ0v) is 5.16. The summed E-state index contributed by atoms with van der Waals surface area (Å²) in [5, 5.41) is 10.7. The molecule has 0 radical (unpaired) electrons. The Kier molecular flexibility index (Phi) is 1.99.